The summed E-state index contributed by atoms with van der Waals surface area (Å²) < 4.78 is 0.849. The van der Waals surface area contributed by atoms with Gasteiger partial charge in [-0.15, -0.1) is 0 Å². The van der Waals surface area contributed by atoms with Gasteiger partial charge in [-0.2, -0.15) is 0 Å². The van der Waals surface area contributed by atoms with Gasteiger partial charge in [-0.25, -0.2) is 0 Å². The second kappa shape index (κ2) is 6.23. The molecule has 0 spiro atoms. The number of nitrogens with one attached hydrogen (secondary N) is 1. The van der Waals surface area contributed by atoms with Crippen molar-refractivity contribution in [1.29, 1.82) is 0 Å². The van der Waals surface area contributed by atoms with E-state index in [1.807, 2.05) is 12.1 Å². The number of hydrogen-bond acceptors (Lipinski definition) is 2. The predicted molar refractivity (Wildman–Crippen MR) is 87.1 cm³/mol. The maximum Gasteiger partial charge on any atom is 0.256 e. The predicted octanol–water partition coefficient (Wildman–Crippen LogP) is 3.30. The molecule has 6 heteroatoms. The van der Waals surface area contributed by atoms with Gasteiger partial charge in [0.25, 0.3) is 5.91 Å². The van der Waals surface area contributed by atoms with Crippen molar-refractivity contribution in [1.82, 2.24) is 0 Å². The van der Waals surface area contributed by atoms with Crippen LogP contribution in [0, 0.1) is 3.57 Å². The number of anilines is 1. The van der Waals surface area contributed by atoms with Crippen molar-refractivity contribution >= 4 is 51.7 Å². The van der Waals surface area contributed by atoms with Gasteiger partial charge in [0.1, 0.15) is 0 Å². The Morgan fingerprint density at radius 1 is 1.10 bits per heavy atom. The lowest BCUT2D eigenvalue weighted by molar-refractivity contribution is 0.0998. The van der Waals surface area contributed by atoms with Crippen molar-refractivity contribution in [2.24, 2.45) is 5.73 Å². The molecule has 3 N–H and O–H groups in total. The normalized spacial score (nSPS) is 10.1. The van der Waals surface area contributed by atoms with Crippen molar-refractivity contribution in [3.05, 3.63) is 62.2 Å². The van der Waals surface area contributed by atoms with Crippen LogP contribution in [0.4, 0.5) is 5.69 Å². The molecule has 2 aromatic carbocycles. The highest BCUT2D eigenvalue weighted by molar-refractivity contribution is 14.1. The van der Waals surface area contributed by atoms with Crippen LogP contribution in [0.3, 0.4) is 0 Å². The molecule has 2 rings (SSSR count). The largest absolute Gasteiger partial charge is 0.366 e. The summed E-state index contributed by atoms with van der Waals surface area (Å²) in [7, 11) is 0. The van der Waals surface area contributed by atoms with E-state index in [9.17, 15) is 9.59 Å². The minimum absolute atomic E-state index is 0.207. The van der Waals surface area contributed by atoms with Crippen molar-refractivity contribution in [3.8, 4) is 0 Å². The molecule has 2 amide bonds. The number of rotatable bonds is 3. The Labute approximate surface area is 134 Å². The Bertz CT molecular complexity index is 689. The molecule has 0 heterocycles. The second-order valence-corrected chi connectivity index (χ2v) is 5.56. The van der Waals surface area contributed by atoms with E-state index in [0.29, 0.717) is 11.3 Å². The number of primary amides is 1. The van der Waals surface area contributed by atoms with Crippen LogP contribution in [-0.2, 0) is 0 Å². The number of hydrogen-bond donors (Lipinski definition) is 2. The van der Waals surface area contributed by atoms with Crippen LogP contribution in [0.2, 0.25) is 5.02 Å². The van der Waals surface area contributed by atoms with E-state index >= 15 is 0 Å². The summed E-state index contributed by atoms with van der Waals surface area (Å²) >= 11 is 8.02. The number of nitrogens with two attached hydrogens (primary N) is 1. The lowest BCUT2D eigenvalue weighted by Crippen LogP contribution is -2.14. The van der Waals surface area contributed by atoms with Gasteiger partial charge in [0.15, 0.2) is 0 Å². The number of halogens is 2. The minimum Gasteiger partial charge on any atom is -0.366 e. The molecule has 2 aromatic rings. The summed E-state index contributed by atoms with van der Waals surface area (Å²) in [6.07, 6.45) is 0. The second-order valence-electron chi connectivity index (χ2n) is 3.99. The molecule has 0 aliphatic rings. The molecule has 0 saturated heterocycles. The van der Waals surface area contributed by atoms with Crippen LogP contribution < -0.4 is 11.1 Å². The molecule has 4 nitrogen and oxygen atoms in total. The van der Waals surface area contributed by atoms with Gasteiger partial charge in [0.05, 0.1) is 16.1 Å². The summed E-state index contributed by atoms with van der Waals surface area (Å²) in [5.41, 5.74) is 6.46. The van der Waals surface area contributed by atoms with Crippen LogP contribution in [0.15, 0.2) is 42.5 Å². The smallest absolute Gasteiger partial charge is 0.256 e. The van der Waals surface area contributed by atoms with Crippen molar-refractivity contribution in [3.63, 3.8) is 0 Å². The zero-order valence-corrected chi connectivity index (χ0v) is 13.1. The molecule has 0 radical (unpaired) electrons. The summed E-state index contributed by atoms with van der Waals surface area (Å²) in [6, 6.07) is 11.8. The van der Waals surface area contributed by atoms with Crippen LogP contribution in [0.25, 0.3) is 0 Å². The molecule has 20 heavy (non-hydrogen) atoms. The van der Waals surface area contributed by atoms with Gasteiger partial charge in [-0.1, -0.05) is 23.7 Å². The molecule has 0 fully saturated rings. The zero-order valence-electron chi connectivity index (χ0n) is 10.2. The van der Waals surface area contributed by atoms with Crippen molar-refractivity contribution < 1.29 is 9.59 Å². The van der Waals surface area contributed by atoms with Gasteiger partial charge in [-0.3, -0.25) is 9.59 Å². The summed E-state index contributed by atoms with van der Waals surface area (Å²) in [5, 5.41) is 2.93. The third-order valence-electron chi connectivity index (χ3n) is 2.61. The third-order valence-corrected chi connectivity index (χ3v) is 3.86. The molecular weight excluding hydrogens is 391 g/mol. The summed E-state index contributed by atoms with van der Waals surface area (Å²) in [6.45, 7) is 0. The lowest BCUT2D eigenvalue weighted by atomic mass is 10.1. The first-order chi connectivity index (χ1) is 9.49. The van der Waals surface area contributed by atoms with Crippen LogP contribution in [0.5, 0.6) is 0 Å². The Kier molecular flexibility index (Phi) is 4.61. The highest BCUT2D eigenvalue weighted by atomic mass is 127. The molecule has 0 aromatic heterocycles. The average Bonchev–Trinajstić information content (AvgIpc) is 2.38. The fourth-order valence-corrected chi connectivity index (χ4v) is 2.54. The average molecular weight is 401 g/mol. The Morgan fingerprint density at radius 2 is 1.80 bits per heavy atom. The maximum absolute atomic E-state index is 12.1. The highest BCUT2D eigenvalue weighted by Gasteiger charge is 2.11. The van der Waals surface area contributed by atoms with E-state index in [0.717, 1.165) is 3.57 Å². The number of benzene rings is 2. The first-order valence-corrected chi connectivity index (χ1v) is 7.10. The Morgan fingerprint density at radius 3 is 2.40 bits per heavy atom. The highest BCUT2D eigenvalue weighted by Crippen LogP contribution is 2.21. The third kappa shape index (κ3) is 3.29. The van der Waals surface area contributed by atoms with E-state index in [1.54, 1.807) is 18.2 Å². The van der Waals surface area contributed by atoms with E-state index in [-0.39, 0.29) is 16.5 Å². The SMILES string of the molecule is NC(=O)c1ccc(NC(=O)c2ccccc2I)cc1Cl. The van der Waals surface area contributed by atoms with Crippen LogP contribution in [0.1, 0.15) is 20.7 Å². The molecule has 0 unspecified atom stereocenters. The van der Waals surface area contributed by atoms with Gasteiger partial charge in [0, 0.05) is 9.26 Å². The lowest BCUT2D eigenvalue weighted by Gasteiger charge is -2.08. The monoisotopic (exact) mass is 400 g/mol. The number of amides is 2. The van der Waals surface area contributed by atoms with Gasteiger partial charge >= 0.3 is 0 Å². The fraction of sp³-hybridized carbons (Fsp3) is 0. The Hall–Kier alpha value is -1.60. The van der Waals surface area contributed by atoms with Crippen LogP contribution in [-0.4, -0.2) is 11.8 Å². The number of carbonyl (C=O) groups excluding carboxylic acids is 2. The summed E-state index contributed by atoms with van der Waals surface area (Å²) in [4.78, 5) is 23.2. The first kappa shape index (κ1) is 14.8. The molecule has 102 valence electrons. The molecular formula is C14H10ClIN2O2. The molecule has 0 saturated carbocycles. The summed E-state index contributed by atoms with van der Waals surface area (Å²) in [5.74, 6) is -0.844. The van der Waals surface area contributed by atoms with Gasteiger partial charge < -0.3 is 11.1 Å². The standard InChI is InChI=1S/C14H10ClIN2O2/c15-11-7-8(5-6-9(11)13(17)19)18-14(20)10-3-1-2-4-12(10)16/h1-7H,(H2,17,19)(H,18,20). The minimum atomic E-state index is -0.606. The maximum atomic E-state index is 12.1. The first-order valence-electron chi connectivity index (χ1n) is 5.64. The van der Waals surface area contributed by atoms with E-state index in [2.05, 4.69) is 27.9 Å². The van der Waals surface area contributed by atoms with Crippen molar-refractivity contribution in [2.75, 3.05) is 5.32 Å². The van der Waals surface area contributed by atoms with E-state index in [4.69, 9.17) is 17.3 Å². The van der Waals surface area contributed by atoms with Crippen molar-refractivity contribution in [2.45, 2.75) is 0 Å². The quantitative estimate of drug-likeness (QED) is 0.776. The van der Waals surface area contributed by atoms with Gasteiger partial charge in [0.2, 0.25) is 5.91 Å². The number of carbonyl (C=O) groups is 2. The van der Waals surface area contributed by atoms with Gasteiger partial charge in [-0.05, 0) is 52.9 Å². The molecule has 0 aliphatic carbocycles. The van der Waals surface area contributed by atoms with E-state index in [1.165, 1.54) is 12.1 Å². The Balaban J connectivity index is 2.23. The van der Waals surface area contributed by atoms with Crippen LogP contribution >= 0.6 is 34.2 Å². The van der Waals surface area contributed by atoms with E-state index < -0.39 is 5.91 Å². The molecule has 0 aliphatic heterocycles. The zero-order chi connectivity index (χ0) is 14.7. The topological polar surface area (TPSA) is 72.2 Å². The molecule has 0 atom stereocenters. The molecule has 0 bridgehead atoms. The fourth-order valence-electron chi connectivity index (χ4n) is 1.64.